The van der Waals surface area contributed by atoms with Crippen LogP contribution in [0.2, 0.25) is 0 Å². The molecule has 4 heteroatoms. The minimum absolute atomic E-state index is 0. The molecule has 0 heterocycles. The van der Waals surface area contributed by atoms with Gasteiger partial charge in [0.2, 0.25) is 0 Å². The van der Waals surface area contributed by atoms with Gasteiger partial charge in [0.1, 0.15) is 0 Å². The molecule has 0 amide bonds. The molecule has 0 rings (SSSR count). The van der Waals surface area contributed by atoms with Crippen LogP contribution >= 0.6 is 0 Å². The average Bonchev–Trinajstić information content (AvgIpc) is 1.90. The van der Waals surface area contributed by atoms with Crippen LogP contribution in [0.5, 0.6) is 0 Å². The van der Waals surface area contributed by atoms with Crippen molar-refractivity contribution in [3.8, 4) is 0 Å². The molecule has 0 fully saturated rings. The minimum Gasteiger partial charge on any atom is -1.00 e. The summed E-state index contributed by atoms with van der Waals surface area (Å²) in [5.41, 5.74) is 0. The summed E-state index contributed by atoms with van der Waals surface area (Å²) in [6.45, 7) is 11.2. The number of hydrogen-bond acceptors (Lipinski definition) is 2. The van der Waals surface area contributed by atoms with Gasteiger partial charge in [0.05, 0.1) is 0 Å². The normalized spacial score (nSPS) is 8.08. The largest absolute Gasteiger partial charge is 2.00 e. The molecule has 0 aliphatic heterocycles. The van der Waals surface area contributed by atoms with Gasteiger partial charge in [-0.15, -0.1) is 0 Å². The van der Waals surface area contributed by atoms with E-state index in [-0.39, 0.29) is 25.9 Å². The summed E-state index contributed by atoms with van der Waals surface area (Å²) < 4.78 is 0. The fourth-order valence-corrected chi connectivity index (χ4v) is 0.671. The van der Waals surface area contributed by atoms with Gasteiger partial charge in [0, 0.05) is 6.92 Å². The number of nitrogens with zero attached hydrogens (tertiary/aromatic N) is 1. The molecule has 0 aromatic rings. The predicted octanol–water partition coefficient (Wildman–Crippen LogP) is 1.28. The second kappa shape index (κ2) is 13.8. The van der Waals surface area contributed by atoms with E-state index in [2.05, 4.69) is 25.7 Å². The zero-order valence-corrected chi connectivity index (χ0v) is 10.0. The van der Waals surface area contributed by atoms with Crippen LogP contribution in [0.1, 0.15) is 30.5 Å². The number of rotatable bonds is 3. The van der Waals surface area contributed by atoms with Gasteiger partial charge in [-0.1, -0.05) is 20.8 Å². The van der Waals surface area contributed by atoms with Gasteiger partial charge in [-0.05, 0) is 19.6 Å². The zero-order valence-electron chi connectivity index (χ0n) is 10.6. The summed E-state index contributed by atoms with van der Waals surface area (Å²) >= 11 is 0. The number of hydrogen-bond donors (Lipinski definition) is 1. The van der Waals surface area contributed by atoms with E-state index in [9.17, 15) is 0 Å². The first-order valence-electron chi connectivity index (χ1n) is 4.00. The Kier molecular flexibility index (Phi) is 20.7. The van der Waals surface area contributed by atoms with E-state index in [4.69, 9.17) is 9.90 Å². The Bertz CT molecular complexity index is 93.8. The zero-order chi connectivity index (χ0) is 9.28. The average molecular weight is 188 g/mol. The summed E-state index contributed by atoms with van der Waals surface area (Å²) in [5.74, 6) is -0.833. The molecule has 0 saturated heterocycles. The first-order valence-corrected chi connectivity index (χ1v) is 4.00. The maximum atomic E-state index is 9.00. The number of carbonyl (C=O) groups is 1. The van der Waals surface area contributed by atoms with Crippen molar-refractivity contribution in [2.45, 2.75) is 27.7 Å². The summed E-state index contributed by atoms with van der Waals surface area (Å²) in [6.07, 6.45) is 0. The molecular weight excluding hydrogens is 166 g/mol. The van der Waals surface area contributed by atoms with E-state index < -0.39 is 5.97 Å². The monoisotopic (exact) mass is 187 g/mol. The summed E-state index contributed by atoms with van der Waals surface area (Å²) in [4.78, 5) is 11.4. The molecule has 0 bridgehead atoms. The Hall–Kier alpha value is 0.196. The van der Waals surface area contributed by atoms with E-state index in [0.29, 0.717) is 0 Å². The third-order valence-corrected chi connectivity index (χ3v) is 1.34. The Balaban J connectivity index is -0.0000000347. The third-order valence-electron chi connectivity index (χ3n) is 1.34. The topological polar surface area (TPSA) is 40.5 Å². The fourth-order valence-electron chi connectivity index (χ4n) is 0.671. The quantitative estimate of drug-likeness (QED) is 0.677. The maximum absolute atomic E-state index is 9.00. The second-order valence-corrected chi connectivity index (χ2v) is 2.14. The molecule has 0 radical (unpaired) electrons. The molecule has 0 aromatic heterocycles. The van der Waals surface area contributed by atoms with Crippen molar-refractivity contribution >= 4 is 29.0 Å². The molecule has 0 spiro atoms. The van der Waals surface area contributed by atoms with Crippen molar-refractivity contribution in [1.82, 2.24) is 4.90 Å². The molecule has 0 aliphatic rings. The molecular formula is C8H21MgNO2. The molecule has 1 N–H and O–H groups in total. The van der Waals surface area contributed by atoms with Crippen LogP contribution in [0, 0.1) is 0 Å². The van der Waals surface area contributed by atoms with Crippen molar-refractivity contribution in [3.63, 3.8) is 0 Å². The van der Waals surface area contributed by atoms with Crippen LogP contribution in [-0.4, -0.2) is 58.7 Å². The van der Waals surface area contributed by atoms with Gasteiger partial charge < -0.3 is 12.9 Å². The Morgan fingerprint density at radius 2 is 1.42 bits per heavy atom. The van der Waals surface area contributed by atoms with Crippen molar-refractivity contribution in [3.05, 3.63) is 0 Å². The van der Waals surface area contributed by atoms with E-state index in [1.165, 1.54) is 19.6 Å². The number of carboxylic acids is 1. The van der Waals surface area contributed by atoms with Gasteiger partial charge in [0.25, 0.3) is 5.97 Å². The molecule has 0 unspecified atom stereocenters. The molecule has 0 atom stereocenters. The second-order valence-electron chi connectivity index (χ2n) is 2.14. The van der Waals surface area contributed by atoms with Gasteiger partial charge in [-0.25, -0.2) is 0 Å². The third kappa shape index (κ3) is 22.5. The minimum atomic E-state index is -0.833. The van der Waals surface area contributed by atoms with E-state index in [1.807, 2.05) is 0 Å². The van der Waals surface area contributed by atoms with E-state index in [1.54, 1.807) is 0 Å². The predicted molar refractivity (Wildman–Crippen MR) is 54.7 cm³/mol. The van der Waals surface area contributed by atoms with Gasteiger partial charge >= 0.3 is 23.1 Å². The van der Waals surface area contributed by atoms with Crippen molar-refractivity contribution < 1.29 is 12.8 Å². The van der Waals surface area contributed by atoms with Gasteiger partial charge in [0.15, 0.2) is 0 Å². The SMILES string of the molecule is CC(=O)O.CCN(CC)CC.[H-].[H-].[Mg+2]. The Morgan fingerprint density at radius 1 is 1.25 bits per heavy atom. The smallest absolute Gasteiger partial charge is 1.00 e. The first-order chi connectivity index (χ1) is 5.08. The van der Waals surface area contributed by atoms with E-state index >= 15 is 0 Å². The van der Waals surface area contributed by atoms with Crippen LogP contribution in [0.4, 0.5) is 0 Å². The van der Waals surface area contributed by atoms with Crippen molar-refractivity contribution in [2.75, 3.05) is 19.6 Å². The standard InChI is InChI=1S/C6H15N.C2H4O2.Mg.2H/c1-4-7(5-2)6-3;1-2(3)4;;;/h4-6H2,1-3H3;1H3,(H,3,4);;;/q;;+2;2*-1. The van der Waals surface area contributed by atoms with Crippen LogP contribution in [0.25, 0.3) is 0 Å². The molecule has 0 aromatic carbocycles. The van der Waals surface area contributed by atoms with Gasteiger partial charge in [-0.3, -0.25) is 4.79 Å². The number of aliphatic carboxylic acids is 1. The summed E-state index contributed by atoms with van der Waals surface area (Å²) in [6, 6.07) is 0. The molecule has 0 saturated carbocycles. The Morgan fingerprint density at radius 3 is 1.42 bits per heavy atom. The van der Waals surface area contributed by atoms with Crippen molar-refractivity contribution in [1.29, 1.82) is 0 Å². The van der Waals surface area contributed by atoms with Crippen LogP contribution in [0.3, 0.4) is 0 Å². The van der Waals surface area contributed by atoms with Crippen LogP contribution in [0.15, 0.2) is 0 Å². The molecule has 72 valence electrons. The van der Waals surface area contributed by atoms with Crippen molar-refractivity contribution in [2.24, 2.45) is 0 Å². The first kappa shape index (κ1) is 18.1. The van der Waals surface area contributed by atoms with E-state index in [0.717, 1.165) is 6.92 Å². The maximum Gasteiger partial charge on any atom is 2.00 e. The molecule has 12 heavy (non-hydrogen) atoms. The fraction of sp³-hybridized carbons (Fsp3) is 0.875. The molecule has 3 nitrogen and oxygen atoms in total. The van der Waals surface area contributed by atoms with Crippen LogP contribution < -0.4 is 0 Å². The van der Waals surface area contributed by atoms with Crippen LogP contribution in [-0.2, 0) is 4.79 Å². The summed E-state index contributed by atoms with van der Waals surface area (Å²) in [5, 5.41) is 7.42. The number of carboxylic acid groups (broad SMARTS) is 1. The Labute approximate surface area is 94.3 Å². The van der Waals surface area contributed by atoms with Gasteiger partial charge in [-0.2, -0.15) is 0 Å². The summed E-state index contributed by atoms with van der Waals surface area (Å²) in [7, 11) is 0. The molecule has 0 aliphatic carbocycles.